The molecule has 3 bridgehead atoms. The molecule has 0 aromatic heterocycles. The molecule has 2 aliphatic heterocycles. The number of fused-ring (bicyclic) bond motifs is 2. The lowest BCUT2D eigenvalue weighted by molar-refractivity contribution is -0.167. The van der Waals surface area contributed by atoms with Crippen LogP contribution in [0.3, 0.4) is 0 Å². The zero-order chi connectivity index (χ0) is 21.1. The second-order valence-corrected chi connectivity index (χ2v) is 9.21. The van der Waals surface area contributed by atoms with E-state index in [1.807, 2.05) is 19.9 Å². The van der Waals surface area contributed by atoms with Crippen molar-refractivity contribution in [2.75, 3.05) is 11.9 Å². The molecule has 2 fully saturated rings. The molecule has 1 amide bonds. The molecule has 7 heteroatoms. The number of carbonyl (C=O) groups excluding carboxylic acids is 3. The third-order valence-electron chi connectivity index (χ3n) is 7.83. The Kier molecular flexibility index (Phi) is 3.19. The molecular formula is C22H20N2O4S. The summed E-state index contributed by atoms with van der Waals surface area (Å²) in [5.41, 5.74) is -3.69. The molecular weight excluding hydrogens is 388 g/mol. The van der Waals surface area contributed by atoms with Crippen molar-refractivity contribution in [1.29, 1.82) is 0 Å². The van der Waals surface area contributed by atoms with Crippen molar-refractivity contribution in [2.45, 2.75) is 38.0 Å². The van der Waals surface area contributed by atoms with E-state index in [0.29, 0.717) is 16.8 Å². The number of hydrogen-bond acceptors (Lipinski definition) is 6. The average molecular weight is 408 g/mol. The van der Waals surface area contributed by atoms with Gasteiger partial charge >= 0.3 is 0 Å². The van der Waals surface area contributed by atoms with E-state index in [9.17, 15) is 14.4 Å². The van der Waals surface area contributed by atoms with Gasteiger partial charge in [-0.15, -0.1) is 6.58 Å². The Hall–Kier alpha value is -2.47. The zero-order valence-corrected chi connectivity index (χ0v) is 17.4. The third-order valence-corrected chi connectivity index (χ3v) is 7.92. The van der Waals surface area contributed by atoms with Gasteiger partial charge in [0.25, 0.3) is 5.91 Å². The van der Waals surface area contributed by atoms with E-state index in [0.717, 1.165) is 0 Å². The summed E-state index contributed by atoms with van der Waals surface area (Å²) < 4.78 is 6.37. The monoisotopic (exact) mass is 408 g/mol. The third kappa shape index (κ3) is 1.49. The number of ether oxygens (including phenoxy) is 1. The van der Waals surface area contributed by atoms with Crippen LogP contribution in [0.25, 0.3) is 0 Å². The summed E-state index contributed by atoms with van der Waals surface area (Å²) >= 11 is 4.95. The number of amides is 1. The standard InChI is InChI=1S/C22H20N2O4S/c1-6-20(4)17(26)15-14-16(25)21(20,23-10-29)11-8-7-9-12-13(11)22(28-15,19(14,2)3)18(27)24(12)5/h6-9,14-15H,1H2,2-5H3/t14-,15?,20+,21+,22-/m0/s1. The van der Waals surface area contributed by atoms with Crippen LogP contribution < -0.4 is 4.90 Å². The summed E-state index contributed by atoms with van der Waals surface area (Å²) in [6.45, 7) is 9.17. The number of likely N-dealkylation sites (N-methyl/N-ethyl adjacent to an activating group) is 1. The molecule has 1 saturated heterocycles. The first-order chi connectivity index (χ1) is 13.6. The van der Waals surface area contributed by atoms with Crippen LogP contribution in [0.4, 0.5) is 5.69 Å². The van der Waals surface area contributed by atoms with Crippen molar-refractivity contribution >= 4 is 40.5 Å². The van der Waals surface area contributed by atoms with Gasteiger partial charge in [-0.05, 0) is 30.8 Å². The van der Waals surface area contributed by atoms with Crippen molar-refractivity contribution in [3.63, 3.8) is 0 Å². The highest BCUT2D eigenvalue weighted by Crippen LogP contribution is 2.71. The van der Waals surface area contributed by atoms with E-state index in [-0.39, 0.29) is 17.5 Å². The minimum atomic E-state index is -1.63. The minimum absolute atomic E-state index is 0.276. The number of carbonyl (C=O) groups is 3. The SMILES string of the molecule is C=C[C@]1(C)C(=O)C2O[C@]34C(=O)N(C)c5cccc(c53)[C@@]1(N=C=S)C(=O)[C@H]2C4(C)C. The van der Waals surface area contributed by atoms with Gasteiger partial charge in [0.05, 0.1) is 22.2 Å². The van der Waals surface area contributed by atoms with Gasteiger partial charge in [-0.25, -0.2) is 4.99 Å². The van der Waals surface area contributed by atoms with Gasteiger partial charge in [0.2, 0.25) is 0 Å². The van der Waals surface area contributed by atoms with Crippen molar-refractivity contribution in [3.05, 3.63) is 42.0 Å². The molecule has 1 spiro atoms. The molecule has 0 radical (unpaired) electrons. The summed E-state index contributed by atoms with van der Waals surface area (Å²) in [7, 11) is 1.68. The first-order valence-corrected chi connectivity index (χ1v) is 9.90. The highest BCUT2D eigenvalue weighted by Gasteiger charge is 2.82. The predicted octanol–water partition coefficient (Wildman–Crippen LogP) is 2.56. The van der Waals surface area contributed by atoms with Crippen LogP contribution in [0.5, 0.6) is 0 Å². The quantitative estimate of drug-likeness (QED) is 0.427. The highest BCUT2D eigenvalue weighted by molar-refractivity contribution is 7.78. The number of nitrogens with zero attached hydrogens (tertiary/aromatic N) is 2. The van der Waals surface area contributed by atoms with E-state index in [1.54, 1.807) is 31.0 Å². The molecule has 148 valence electrons. The topological polar surface area (TPSA) is 76.0 Å². The molecule has 4 aliphatic rings. The van der Waals surface area contributed by atoms with Crippen molar-refractivity contribution in [1.82, 2.24) is 0 Å². The largest absolute Gasteiger partial charge is 0.348 e. The number of anilines is 1. The lowest BCUT2D eigenvalue weighted by Gasteiger charge is -2.49. The maximum absolute atomic E-state index is 14.2. The number of Topliss-reactive ketones (excluding diaryl/α,β-unsaturated/α-hetero) is 2. The predicted molar refractivity (Wildman–Crippen MR) is 109 cm³/mol. The Morgan fingerprint density at radius 1 is 1.24 bits per heavy atom. The smallest absolute Gasteiger partial charge is 0.264 e. The molecule has 2 aliphatic carbocycles. The lowest BCUT2D eigenvalue weighted by Crippen LogP contribution is -2.64. The van der Waals surface area contributed by atoms with Crippen LogP contribution in [0.1, 0.15) is 31.9 Å². The second kappa shape index (κ2) is 4.98. The van der Waals surface area contributed by atoms with Crippen molar-refractivity contribution in [2.24, 2.45) is 21.7 Å². The Balaban J connectivity index is 2.09. The zero-order valence-electron chi connectivity index (χ0n) is 16.6. The lowest BCUT2D eigenvalue weighted by atomic mass is 9.53. The van der Waals surface area contributed by atoms with Gasteiger partial charge in [-0.1, -0.05) is 32.1 Å². The molecule has 1 unspecified atom stereocenters. The minimum Gasteiger partial charge on any atom is -0.348 e. The number of hydrogen-bond donors (Lipinski definition) is 0. The molecule has 6 nitrogen and oxygen atoms in total. The van der Waals surface area contributed by atoms with Gasteiger partial charge in [0.1, 0.15) is 6.10 Å². The summed E-state index contributed by atoms with van der Waals surface area (Å²) in [5, 5.41) is 2.37. The van der Waals surface area contributed by atoms with Crippen LogP contribution in [-0.2, 0) is 30.3 Å². The Bertz CT molecular complexity index is 1120. The number of benzene rings is 1. The summed E-state index contributed by atoms with van der Waals surface area (Å²) in [4.78, 5) is 47.4. The van der Waals surface area contributed by atoms with Crippen LogP contribution in [0.2, 0.25) is 0 Å². The van der Waals surface area contributed by atoms with Crippen LogP contribution in [0, 0.1) is 16.7 Å². The summed E-state index contributed by atoms with van der Waals surface area (Å²) in [6, 6.07) is 5.33. The van der Waals surface area contributed by atoms with Gasteiger partial charge in [-0.2, -0.15) is 0 Å². The maximum Gasteiger partial charge on any atom is 0.264 e. The first kappa shape index (κ1) is 18.6. The Morgan fingerprint density at radius 3 is 2.55 bits per heavy atom. The first-order valence-electron chi connectivity index (χ1n) is 9.49. The highest BCUT2D eigenvalue weighted by atomic mass is 32.1. The van der Waals surface area contributed by atoms with E-state index in [4.69, 9.17) is 17.0 Å². The van der Waals surface area contributed by atoms with Gasteiger partial charge in [0, 0.05) is 18.0 Å². The molecule has 0 N–H and O–H groups in total. The maximum atomic E-state index is 14.2. The Morgan fingerprint density at radius 2 is 1.93 bits per heavy atom. The number of isothiocyanates is 1. The van der Waals surface area contributed by atoms with Gasteiger partial charge < -0.3 is 9.64 Å². The normalized spacial score (nSPS) is 40.6. The fourth-order valence-electron chi connectivity index (χ4n) is 6.24. The molecule has 1 saturated carbocycles. The van der Waals surface area contributed by atoms with Crippen molar-refractivity contribution in [3.8, 4) is 0 Å². The van der Waals surface area contributed by atoms with Crippen molar-refractivity contribution < 1.29 is 19.1 Å². The van der Waals surface area contributed by atoms with E-state index in [2.05, 4.69) is 16.7 Å². The van der Waals surface area contributed by atoms with E-state index in [1.165, 1.54) is 6.08 Å². The average Bonchev–Trinajstić information content (AvgIpc) is 3.05. The van der Waals surface area contributed by atoms with Crippen LogP contribution >= 0.6 is 12.2 Å². The van der Waals surface area contributed by atoms with E-state index >= 15 is 0 Å². The molecule has 1 aromatic carbocycles. The van der Waals surface area contributed by atoms with Crippen LogP contribution in [0.15, 0.2) is 35.8 Å². The fourth-order valence-corrected chi connectivity index (χ4v) is 6.38. The number of ketones is 2. The summed E-state index contributed by atoms with van der Waals surface area (Å²) in [5.74, 6) is -1.70. The van der Waals surface area contributed by atoms with E-state index < -0.39 is 34.0 Å². The second-order valence-electron chi connectivity index (χ2n) is 9.03. The number of thiocarbonyl (C=S) groups is 1. The molecule has 2 heterocycles. The Labute approximate surface area is 173 Å². The van der Waals surface area contributed by atoms with Gasteiger partial charge in [-0.3, -0.25) is 14.4 Å². The molecule has 29 heavy (non-hydrogen) atoms. The molecule has 1 aromatic rings. The molecule has 5 atom stereocenters. The number of rotatable bonds is 2. The van der Waals surface area contributed by atoms with Gasteiger partial charge in [0.15, 0.2) is 22.7 Å². The fraction of sp³-hybridized carbons (Fsp3) is 0.455. The molecule has 5 rings (SSSR count). The van der Waals surface area contributed by atoms with Crippen LogP contribution in [-0.4, -0.2) is 35.8 Å². The summed E-state index contributed by atoms with van der Waals surface area (Å²) in [6.07, 6.45) is 0.409. The number of aliphatic imine (C=N–C) groups is 1.